The quantitative estimate of drug-likeness (QED) is 0.637. The standard InChI is InChI=1S/C20H21ClN4O4/c1-12-15-16(24-29-12)18(26)25(23-17(15)19(27)28-2)11-22-20(9-3-4-10-20)13-5-7-14(21)8-6-13/h5-8,22H,3-4,9-11H2,1-2H3. The van der Waals surface area contributed by atoms with Crippen molar-refractivity contribution < 1.29 is 14.1 Å². The van der Waals surface area contributed by atoms with Gasteiger partial charge in [0.25, 0.3) is 5.56 Å². The molecular formula is C20H21ClN4O4. The van der Waals surface area contributed by atoms with Crippen LogP contribution in [0.4, 0.5) is 0 Å². The molecule has 0 aliphatic heterocycles. The Bertz CT molecular complexity index is 1110. The Morgan fingerprint density at radius 2 is 2.00 bits per heavy atom. The lowest BCUT2D eigenvalue weighted by molar-refractivity contribution is 0.0593. The number of carbonyl (C=O) groups excluding carboxylic acids is 1. The van der Waals surface area contributed by atoms with E-state index in [2.05, 4.69) is 15.6 Å². The summed E-state index contributed by atoms with van der Waals surface area (Å²) < 4.78 is 11.1. The van der Waals surface area contributed by atoms with Crippen molar-refractivity contribution in [2.75, 3.05) is 7.11 Å². The van der Waals surface area contributed by atoms with Gasteiger partial charge in [-0.05, 0) is 37.5 Å². The minimum absolute atomic E-state index is 0.00890. The van der Waals surface area contributed by atoms with Crippen molar-refractivity contribution in [3.8, 4) is 0 Å². The number of rotatable bonds is 5. The SMILES string of the molecule is COC(=O)c1nn(CNC2(c3ccc(Cl)cc3)CCCC2)c(=O)c2noc(C)c12. The van der Waals surface area contributed by atoms with Crippen LogP contribution in [-0.4, -0.2) is 28.0 Å². The molecule has 1 aliphatic rings. The number of hydrogen-bond donors (Lipinski definition) is 1. The number of aromatic nitrogens is 3. The van der Waals surface area contributed by atoms with Gasteiger partial charge in [-0.1, -0.05) is 41.7 Å². The molecule has 2 heterocycles. The highest BCUT2D eigenvalue weighted by Crippen LogP contribution is 2.39. The summed E-state index contributed by atoms with van der Waals surface area (Å²) in [5.41, 5.74) is 0.466. The van der Waals surface area contributed by atoms with Gasteiger partial charge in [-0.3, -0.25) is 10.1 Å². The maximum atomic E-state index is 12.9. The van der Waals surface area contributed by atoms with Gasteiger partial charge in [-0.2, -0.15) is 5.10 Å². The number of carbonyl (C=O) groups is 1. The van der Waals surface area contributed by atoms with Crippen LogP contribution in [0, 0.1) is 6.92 Å². The monoisotopic (exact) mass is 416 g/mol. The second kappa shape index (κ2) is 7.61. The number of nitrogens with zero attached hydrogens (tertiary/aromatic N) is 3. The van der Waals surface area contributed by atoms with E-state index in [1.165, 1.54) is 11.8 Å². The molecule has 0 unspecified atom stereocenters. The molecule has 0 spiro atoms. The van der Waals surface area contributed by atoms with E-state index in [0.717, 1.165) is 31.2 Å². The van der Waals surface area contributed by atoms with Crippen molar-refractivity contribution in [3.05, 3.63) is 56.7 Å². The number of benzene rings is 1. The van der Waals surface area contributed by atoms with E-state index < -0.39 is 11.5 Å². The topological polar surface area (TPSA) is 99.2 Å². The molecule has 0 amide bonds. The highest BCUT2D eigenvalue weighted by atomic mass is 35.5. The van der Waals surface area contributed by atoms with Gasteiger partial charge < -0.3 is 9.26 Å². The Morgan fingerprint density at radius 3 is 2.66 bits per heavy atom. The Labute approximate surface area is 171 Å². The number of esters is 1. The third kappa shape index (κ3) is 3.42. The smallest absolute Gasteiger partial charge is 0.359 e. The van der Waals surface area contributed by atoms with Gasteiger partial charge in [-0.15, -0.1) is 0 Å². The second-order valence-electron chi connectivity index (χ2n) is 7.24. The van der Waals surface area contributed by atoms with Gasteiger partial charge >= 0.3 is 5.97 Å². The Morgan fingerprint density at radius 1 is 1.31 bits per heavy atom. The number of methoxy groups -OCH3 is 1. The molecule has 1 saturated carbocycles. The summed E-state index contributed by atoms with van der Waals surface area (Å²) in [6.07, 6.45) is 4.01. The van der Waals surface area contributed by atoms with Crippen LogP contribution in [0.15, 0.2) is 33.6 Å². The fourth-order valence-corrected chi connectivity index (χ4v) is 4.15. The minimum atomic E-state index is -0.650. The number of fused-ring (bicyclic) bond motifs is 1. The first-order valence-corrected chi connectivity index (χ1v) is 9.79. The molecule has 4 rings (SSSR count). The molecule has 0 bridgehead atoms. The predicted octanol–water partition coefficient (Wildman–Crippen LogP) is 3.15. The van der Waals surface area contributed by atoms with Crippen LogP contribution >= 0.6 is 11.6 Å². The average Bonchev–Trinajstić information content (AvgIpc) is 3.36. The highest BCUT2D eigenvalue weighted by Gasteiger charge is 2.35. The number of aryl methyl sites for hydroxylation is 1. The lowest BCUT2D eigenvalue weighted by Crippen LogP contribution is -2.43. The lowest BCUT2D eigenvalue weighted by Gasteiger charge is -2.31. The zero-order chi connectivity index (χ0) is 20.6. The molecule has 1 aliphatic carbocycles. The van der Waals surface area contributed by atoms with E-state index in [1.54, 1.807) is 6.92 Å². The normalized spacial score (nSPS) is 15.7. The summed E-state index contributed by atoms with van der Waals surface area (Å²) in [6.45, 7) is 1.74. The van der Waals surface area contributed by atoms with Crippen molar-refractivity contribution >= 4 is 28.5 Å². The molecule has 1 aromatic carbocycles. The van der Waals surface area contributed by atoms with Crippen molar-refractivity contribution in [3.63, 3.8) is 0 Å². The molecule has 8 nitrogen and oxygen atoms in total. The van der Waals surface area contributed by atoms with Crippen LogP contribution in [0.3, 0.4) is 0 Å². The van der Waals surface area contributed by atoms with E-state index in [-0.39, 0.29) is 28.8 Å². The van der Waals surface area contributed by atoms with Crippen LogP contribution in [-0.2, 0) is 16.9 Å². The third-order valence-corrected chi connectivity index (χ3v) is 5.81. The van der Waals surface area contributed by atoms with Crippen LogP contribution in [0.1, 0.15) is 47.5 Å². The van der Waals surface area contributed by atoms with E-state index in [4.69, 9.17) is 20.9 Å². The summed E-state index contributed by atoms with van der Waals surface area (Å²) in [4.78, 5) is 25.1. The van der Waals surface area contributed by atoms with Gasteiger partial charge in [0.15, 0.2) is 11.2 Å². The van der Waals surface area contributed by atoms with Gasteiger partial charge in [0.2, 0.25) is 0 Å². The average molecular weight is 417 g/mol. The fourth-order valence-electron chi connectivity index (χ4n) is 4.02. The number of hydrogen-bond acceptors (Lipinski definition) is 7. The molecule has 9 heteroatoms. The summed E-state index contributed by atoms with van der Waals surface area (Å²) in [5.74, 6) is -0.304. The first-order valence-electron chi connectivity index (χ1n) is 9.42. The fraction of sp³-hybridized carbons (Fsp3) is 0.400. The first-order chi connectivity index (χ1) is 13.9. The Balaban J connectivity index is 1.72. The zero-order valence-electron chi connectivity index (χ0n) is 16.2. The van der Waals surface area contributed by atoms with Crippen molar-refractivity contribution in [2.24, 2.45) is 0 Å². The molecule has 2 aromatic heterocycles. The van der Waals surface area contributed by atoms with Gasteiger partial charge in [-0.25, -0.2) is 9.48 Å². The largest absolute Gasteiger partial charge is 0.464 e. The number of nitrogens with one attached hydrogen (secondary N) is 1. The molecule has 1 fully saturated rings. The molecule has 29 heavy (non-hydrogen) atoms. The zero-order valence-corrected chi connectivity index (χ0v) is 17.0. The highest BCUT2D eigenvalue weighted by molar-refractivity contribution is 6.30. The van der Waals surface area contributed by atoms with Crippen LogP contribution in [0.5, 0.6) is 0 Å². The number of ether oxygens (including phenoxy) is 1. The Kier molecular flexibility index (Phi) is 5.14. The van der Waals surface area contributed by atoms with Gasteiger partial charge in [0.05, 0.1) is 19.2 Å². The Hall–Kier alpha value is -2.71. The molecule has 152 valence electrons. The van der Waals surface area contributed by atoms with E-state index in [0.29, 0.717) is 10.8 Å². The first kappa shape index (κ1) is 19.6. The second-order valence-corrected chi connectivity index (χ2v) is 7.67. The van der Waals surface area contributed by atoms with Crippen LogP contribution in [0.2, 0.25) is 5.02 Å². The third-order valence-electron chi connectivity index (χ3n) is 5.56. The lowest BCUT2D eigenvalue weighted by atomic mass is 9.88. The van der Waals surface area contributed by atoms with E-state index >= 15 is 0 Å². The summed E-state index contributed by atoms with van der Waals surface area (Å²) in [6, 6.07) is 7.73. The van der Waals surface area contributed by atoms with Gasteiger partial charge in [0.1, 0.15) is 5.76 Å². The summed E-state index contributed by atoms with van der Waals surface area (Å²) in [7, 11) is 1.26. The number of halogens is 1. The summed E-state index contributed by atoms with van der Waals surface area (Å²) in [5, 5.41) is 12.5. The van der Waals surface area contributed by atoms with Crippen molar-refractivity contribution in [1.29, 1.82) is 0 Å². The molecule has 0 saturated heterocycles. The van der Waals surface area contributed by atoms with E-state index in [1.807, 2.05) is 24.3 Å². The minimum Gasteiger partial charge on any atom is -0.464 e. The van der Waals surface area contributed by atoms with E-state index in [9.17, 15) is 9.59 Å². The van der Waals surface area contributed by atoms with Crippen LogP contribution in [0.25, 0.3) is 10.9 Å². The maximum absolute atomic E-state index is 12.9. The summed E-state index contributed by atoms with van der Waals surface area (Å²) >= 11 is 6.04. The molecule has 0 atom stereocenters. The predicted molar refractivity (Wildman–Crippen MR) is 107 cm³/mol. The molecule has 1 N–H and O–H groups in total. The molecule has 0 radical (unpaired) electrons. The maximum Gasteiger partial charge on any atom is 0.359 e. The molecule has 3 aromatic rings. The van der Waals surface area contributed by atoms with Crippen LogP contribution < -0.4 is 10.9 Å². The van der Waals surface area contributed by atoms with Crippen molar-refractivity contribution in [2.45, 2.75) is 44.8 Å². The molecular weight excluding hydrogens is 396 g/mol. The van der Waals surface area contributed by atoms with Gasteiger partial charge in [0, 0.05) is 10.6 Å². The van der Waals surface area contributed by atoms with Crippen molar-refractivity contribution in [1.82, 2.24) is 20.3 Å².